The van der Waals surface area contributed by atoms with Gasteiger partial charge in [-0.25, -0.2) is 9.97 Å². The molecule has 0 saturated heterocycles. The van der Waals surface area contributed by atoms with Crippen molar-refractivity contribution >= 4 is 16.9 Å². The van der Waals surface area contributed by atoms with Gasteiger partial charge in [-0.15, -0.1) is 0 Å². The molecule has 4 heteroatoms. The molecule has 0 aliphatic carbocycles. The maximum absolute atomic E-state index is 9.17. The van der Waals surface area contributed by atoms with Crippen molar-refractivity contribution in [3.8, 4) is 11.3 Å². The smallest absolute Gasteiger partial charge is 0.224 e. The fraction of sp³-hybridized carbons (Fsp3) is 0.263. The number of benzene rings is 2. The molecule has 2 aromatic carbocycles. The predicted octanol–water partition coefficient (Wildman–Crippen LogP) is 3.87. The Labute approximate surface area is 136 Å². The number of para-hydroxylation sites is 1. The van der Waals surface area contributed by atoms with Crippen LogP contribution in [0.1, 0.15) is 19.8 Å². The van der Waals surface area contributed by atoms with E-state index < -0.39 is 0 Å². The van der Waals surface area contributed by atoms with Gasteiger partial charge in [-0.3, -0.25) is 0 Å². The lowest BCUT2D eigenvalue weighted by molar-refractivity contribution is 0.278. The van der Waals surface area contributed by atoms with Crippen LogP contribution in [0.25, 0.3) is 22.2 Å². The number of hydrogen-bond donors (Lipinski definition) is 2. The van der Waals surface area contributed by atoms with Gasteiger partial charge in [0.05, 0.1) is 11.2 Å². The highest BCUT2D eigenvalue weighted by Gasteiger charge is 2.12. The summed E-state index contributed by atoms with van der Waals surface area (Å²) in [6.45, 7) is 2.25. The van der Waals surface area contributed by atoms with Gasteiger partial charge in [0.1, 0.15) is 0 Å². The van der Waals surface area contributed by atoms with Crippen molar-refractivity contribution in [2.24, 2.45) is 0 Å². The van der Waals surface area contributed by atoms with Gasteiger partial charge < -0.3 is 10.4 Å². The Kier molecular flexibility index (Phi) is 4.83. The average Bonchev–Trinajstić information content (AvgIpc) is 2.61. The van der Waals surface area contributed by atoms with E-state index in [4.69, 9.17) is 10.1 Å². The van der Waals surface area contributed by atoms with E-state index in [0.717, 1.165) is 28.6 Å². The first-order valence-electron chi connectivity index (χ1n) is 8.01. The first kappa shape index (κ1) is 15.4. The molecule has 0 aliphatic rings. The normalized spacial score (nSPS) is 12.3. The Morgan fingerprint density at radius 2 is 1.74 bits per heavy atom. The van der Waals surface area contributed by atoms with Crippen molar-refractivity contribution < 1.29 is 5.11 Å². The molecule has 3 aromatic rings. The van der Waals surface area contributed by atoms with E-state index in [0.29, 0.717) is 12.4 Å². The molecule has 1 unspecified atom stereocenters. The van der Waals surface area contributed by atoms with Gasteiger partial charge in [-0.2, -0.15) is 0 Å². The molecule has 2 N–H and O–H groups in total. The second-order valence-corrected chi connectivity index (χ2v) is 5.54. The molecular weight excluding hydrogens is 286 g/mol. The number of hydrogen-bond acceptors (Lipinski definition) is 4. The van der Waals surface area contributed by atoms with Crippen LogP contribution in [0, 0.1) is 0 Å². The van der Waals surface area contributed by atoms with Crippen LogP contribution in [0.15, 0.2) is 54.6 Å². The van der Waals surface area contributed by atoms with E-state index in [1.54, 1.807) is 0 Å². The number of aromatic nitrogens is 2. The maximum atomic E-state index is 9.17. The van der Waals surface area contributed by atoms with Crippen LogP contribution in [0.4, 0.5) is 5.95 Å². The molecule has 0 aliphatic heterocycles. The molecule has 1 aromatic heterocycles. The Morgan fingerprint density at radius 1 is 1.00 bits per heavy atom. The average molecular weight is 307 g/mol. The molecular formula is C19H21N3O. The zero-order valence-electron chi connectivity index (χ0n) is 13.2. The number of nitrogens with zero attached hydrogens (tertiary/aromatic N) is 2. The lowest BCUT2D eigenvalue weighted by Crippen LogP contribution is -2.21. The minimum atomic E-state index is 0.157. The third-order valence-corrected chi connectivity index (χ3v) is 3.95. The summed E-state index contributed by atoms with van der Waals surface area (Å²) in [4.78, 5) is 9.36. The third-order valence-electron chi connectivity index (χ3n) is 3.95. The van der Waals surface area contributed by atoms with E-state index in [9.17, 15) is 0 Å². The van der Waals surface area contributed by atoms with E-state index in [2.05, 4.69) is 29.4 Å². The molecule has 4 nitrogen and oxygen atoms in total. The topological polar surface area (TPSA) is 58.0 Å². The zero-order valence-corrected chi connectivity index (χ0v) is 13.2. The fourth-order valence-electron chi connectivity index (χ4n) is 2.67. The highest BCUT2D eigenvalue weighted by molar-refractivity contribution is 5.93. The molecule has 0 amide bonds. The van der Waals surface area contributed by atoms with E-state index in [1.807, 2.05) is 42.5 Å². The van der Waals surface area contributed by atoms with Crippen molar-refractivity contribution in [1.82, 2.24) is 9.97 Å². The van der Waals surface area contributed by atoms with Crippen molar-refractivity contribution in [3.05, 3.63) is 54.6 Å². The standard InChI is InChI=1S/C19H21N3O/c1-2-15(12-13-23)20-19-21-17-11-7-6-10-16(17)18(22-19)14-8-4-3-5-9-14/h3-11,15,23H,2,12-13H2,1H3,(H,20,21,22). The Morgan fingerprint density at radius 3 is 2.48 bits per heavy atom. The van der Waals surface area contributed by atoms with E-state index >= 15 is 0 Å². The van der Waals surface area contributed by atoms with Gasteiger partial charge in [-0.05, 0) is 18.9 Å². The van der Waals surface area contributed by atoms with Crippen LogP contribution >= 0.6 is 0 Å². The van der Waals surface area contributed by atoms with Crippen molar-refractivity contribution in [2.45, 2.75) is 25.8 Å². The fourth-order valence-corrected chi connectivity index (χ4v) is 2.67. The summed E-state index contributed by atoms with van der Waals surface area (Å²) in [5, 5.41) is 13.6. The first-order valence-corrected chi connectivity index (χ1v) is 8.01. The minimum absolute atomic E-state index is 0.157. The van der Waals surface area contributed by atoms with Crippen LogP contribution in [-0.4, -0.2) is 27.7 Å². The number of aliphatic hydroxyl groups is 1. The molecule has 0 radical (unpaired) electrons. The molecule has 3 rings (SSSR count). The van der Waals surface area contributed by atoms with Crippen molar-refractivity contribution in [3.63, 3.8) is 0 Å². The van der Waals surface area contributed by atoms with Crippen LogP contribution < -0.4 is 5.32 Å². The Bertz CT molecular complexity index is 774. The molecule has 1 atom stereocenters. The molecule has 0 spiro atoms. The van der Waals surface area contributed by atoms with Crippen molar-refractivity contribution in [2.75, 3.05) is 11.9 Å². The van der Waals surface area contributed by atoms with Crippen molar-refractivity contribution in [1.29, 1.82) is 0 Å². The van der Waals surface area contributed by atoms with Gasteiger partial charge in [0, 0.05) is 23.6 Å². The lowest BCUT2D eigenvalue weighted by atomic mass is 10.1. The largest absolute Gasteiger partial charge is 0.396 e. The molecule has 23 heavy (non-hydrogen) atoms. The number of aliphatic hydroxyl groups excluding tert-OH is 1. The summed E-state index contributed by atoms with van der Waals surface area (Å²) >= 11 is 0. The van der Waals surface area contributed by atoms with Crippen LogP contribution in [0.3, 0.4) is 0 Å². The monoisotopic (exact) mass is 307 g/mol. The van der Waals surface area contributed by atoms with Crippen LogP contribution in [-0.2, 0) is 0 Å². The number of nitrogens with one attached hydrogen (secondary N) is 1. The maximum Gasteiger partial charge on any atom is 0.224 e. The van der Waals surface area contributed by atoms with Gasteiger partial charge in [0.2, 0.25) is 5.95 Å². The highest BCUT2D eigenvalue weighted by atomic mass is 16.3. The van der Waals surface area contributed by atoms with Gasteiger partial charge in [-0.1, -0.05) is 55.5 Å². The Hall–Kier alpha value is -2.46. The predicted molar refractivity (Wildman–Crippen MR) is 94.4 cm³/mol. The van der Waals surface area contributed by atoms with Gasteiger partial charge in [0.15, 0.2) is 0 Å². The summed E-state index contributed by atoms with van der Waals surface area (Å²) in [7, 11) is 0. The van der Waals surface area contributed by atoms with Crippen LogP contribution in [0.5, 0.6) is 0 Å². The molecule has 0 saturated carbocycles. The minimum Gasteiger partial charge on any atom is -0.396 e. The van der Waals surface area contributed by atoms with Gasteiger partial charge in [0.25, 0.3) is 0 Å². The summed E-state index contributed by atoms with van der Waals surface area (Å²) in [5.74, 6) is 0.614. The quantitative estimate of drug-likeness (QED) is 0.726. The molecule has 0 fully saturated rings. The SMILES string of the molecule is CCC(CCO)Nc1nc(-c2ccccc2)c2ccccc2n1. The summed E-state index contributed by atoms with van der Waals surface area (Å²) in [5.41, 5.74) is 2.92. The van der Waals surface area contributed by atoms with Crippen LogP contribution in [0.2, 0.25) is 0 Å². The third kappa shape index (κ3) is 3.48. The van der Waals surface area contributed by atoms with Gasteiger partial charge >= 0.3 is 0 Å². The summed E-state index contributed by atoms with van der Waals surface area (Å²) < 4.78 is 0. The summed E-state index contributed by atoms with van der Waals surface area (Å²) in [6.07, 6.45) is 1.60. The number of anilines is 1. The molecule has 0 bridgehead atoms. The summed E-state index contributed by atoms with van der Waals surface area (Å²) in [6, 6.07) is 18.4. The molecule has 1 heterocycles. The second-order valence-electron chi connectivity index (χ2n) is 5.54. The second kappa shape index (κ2) is 7.20. The number of rotatable bonds is 6. The first-order chi connectivity index (χ1) is 11.3. The van der Waals surface area contributed by atoms with E-state index in [-0.39, 0.29) is 12.6 Å². The Balaban J connectivity index is 2.07. The zero-order chi connectivity index (χ0) is 16.1. The highest BCUT2D eigenvalue weighted by Crippen LogP contribution is 2.27. The van der Waals surface area contributed by atoms with E-state index in [1.165, 1.54) is 0 Å². The lowest BCUT2D eigenvalue weighted by Gasteiger charge is -2.17. The molecule has 118 valence electrons. The number of fused-ring (bicyclic) bond motifs is 1.